The van der Waals surface area contributed by atoms with Gasteiger partial charge in [0, 0.05) is 45.6 Å². The molecule has 2 heterocycles. The molecule has 3 nitrogen and oxygen atoms in total. The van der Waals surface area contributed by atoms with Crippen molar-refractivity contribution in [1.82, 2.24) is 0 Å². The SMILES string of the molecule is COc1c2c(c(OC)c3ccccc13)[C@H]1O[C@H]2[C@@H]2C3c4ccccc4C(c4ccccc43)[C@H]21. The van der Waals surface area contributed by atoms with E-state index in [0.29, 0.717) is 23.7 Å². The molecule has 4 aromatic carbocycles. The molecule has 0 amide bonds. The molecule has 1 fully saturated rings. The summed E-state index contributed by atoms with van der Waals surface area (Å²) in [6, 6.07) is 26.5. The predicted octanol–water partition coefficient (Wildman–Crippen LogP) is 6.51. The lowest BCUT2D eigenvalue weighted by Crippen LogP contribution is -2.42. The van der Waals surface area contributed by atoms with Crippen molar-refractivity contribution in [2.24, 2.45) is 11.8 Å². The van der Waals surface area contributed by atoms with Crippen LogP contribution < -0.4 is 9.47 Å². The van der Waals surface area contributed by atoms with Crippen molar-refractivity contribution >= 4 is 10.8 Å². The largest absolute Gasteiger partial charge is 0.496 e. The Bertz CT molecular complexity index is 1320. The Balaban J connectivity index is 1.44. The van der Waals surface area contributed by atoms with E-state index >= 15 is 0 Å². The van der Waals surface area contributed by atoms with Gasteiger partial charge in [-0.25, -0.2) is 0 Å². The number of hydrogen-bond donors (Lipinski definition) is 0. The van der Waals surface area contributed by atoms with E-state index in [-0.39, 0.29) is 12.2 Å². The van der Waals surface area contributed by atoms with Crippen LogP contribution in [0.2, 0.25) is 0 Å². The maximum absolute atomic E-state index is 6.93. The molecule has 162 valence electrons. The molecule has 4 aromatic rings. The summed E-state index contributed by atoms with van der Waals surface area (Å²) >= 11 is 0. The van der Waals surface area contributed by atoms with Gasteiger partial charge < -0.3 is 14.2 Å². The van der Waals surface area contributed by atoms with Crippen molar-refractivity contribution in [3.8, 4) is 11.5 Å². The normalized spacial score (nSPS) is 29.4. The van der Waals surface area contributed by atoms with E-state index in [9.17, 15) is 0 Å². The quantitative estimate of drug-likeness (QED) is 0.362. The molecule has 0 saturated carbocycles. The molecule has 0 spiro atoms. The van der Waals surface area contributed by atoms with E-state index in [1.165, 1.54) is 33.4 Å². The van der Waals surface area contributed by atoms with Crippen LogP contribution in [0.5, 0.6) is 11.5 Å². The summed E-state index contributed by atoms with van der Waals surface area (Å²) in [6.45, 7) is 0. The highest BCUT2D eigenvalue weighted by Gasteiger charge is 2.64. The van der Waals surface area contributed by atoms with Gasteiger partial charge in [0.05, 0.1) is 26.4 Å². The Morgan fingerprint density at radius 2 is 0.909 bits per heavy atom. The van der Waals surface area contributed by atoms with Crippen molar-refractivity contribution in [3.05, 3.63) is 106 Å². The summed E-state index contributed by atoms with van der Waals surface area (Å²) in [4.78, 5) is 0. The standard InChI is InChI=1S/C30H24O3/c1-31-27-19-13-7-8-14-20(19)28(32-2)26-25(27)29-23-21-15-9-3-5-11-17(15)22(24(23)30(26)33-29)18-12-6-4-10-16(18)21/h3-14,21-24,29-30H,1-2H3/t21?,22?,23-,24-,29+,30+/m1/s1. The fourth-order valence-electron chi connectivity index (χ4n) is 7.80. The minimum Gasteiger partial charge on any atom is -0.496 e. The molecule has 3 aliphatic carbocycles. The maximum Gasteiger partial charge on any atom is 0.133 e. The van der Waals surface area contributed by atoms with E-state index in [1.54, 1.807) is 14.2 Å². The lowest BCUT2D eigenvalue weighted by Gasteiger charge is -2.51. The molecule has 1 saturated heterocycles. The van der Waals surface area contributed by atoms with Crippen molar-refractivity contribution in [2.45, 2.75) is 24.0 Å². The summed E-state index contributed by atoms with van der Waals surface area (Å²) in [6.07, 6.45) is 0.0235. The van der Waals surface area contributed by atoms with Crippen LogP contribution in [-0.2, 0) is 4.74 Å². The fourth-order valence-corrected chi connectivity index (χ4v) is 7.80. The highest BCUT2D eigenvalue weighted by Crippen LogP contribution is 2.74. The summed E-state index contributed by atoms with van der Waals surface area (Å²) < 4.78 is 19.1. The van der Waals surface area contributed by atoms with Crippen LogP contribution in [0.15, 0.2) is 72.8 Å². The molecular weight excluding hydrogens is 408 g/mol. The third kappa shape index (κ3) is 1.98. The Hall–Kier alpha value is -3.30. The molecule has 3 heteroatoms. The van der Waals surface area contributed by atoms with Gasteiger partial charge in [0.1, 0.15) is 11.5 Å². The third-order valence-corrected chi connectivity index (χ3v) is 8.71. The molecule has 5 aliphatic rings. The van der Waals surface area contributed by atoms with E-state index in [1.807, 2.05) is 0 Å². The molecule has 0 unspecified atom stereocenters. The molecule has 0 N–H and O–H groups in total. The van der Waals surface area contributed by atoms with Crippen LogP contribution in [0.4, 0.5) is 0 Å². The van der Waals surface area contributed by atoms with Crippen LogP contribution >= 0.6 is 0 Å². The maximum atomic E-state index is 6.93. The van der Waals surface area contributed by atoms with Gasteiger partial charge in [-0.2, -0.15) is 0 Å². The fraction of sp³-hybridized carbons (Fsp3) is 0.267. The first-order chi connectivity index (χ1) is 16.3. The van der Waals surface area contributed by atoms with Gasteiger partial charge in [-0.15, -0.1) is 0 Å². The van der Waals surface area contributed by atoms with Crippen molar-refractivity contribution < 1.29 is 14.2 Å². The molecule has 0 aromatic heterocycles. The number of ether oxygens (including phenoxy) is 3. The van der Waals surface area contributed by atoms with Crippen LogP contribution in [0.1, 0.15) is 57.4 Å². The van der Waals surface area contributed by atoms with Gasteiger partial charge in [0.15, 0.2) is 0 Å². The number of rotatable bonds is 2. The molecule has 9 rings (SSSR count). The average molecular weight is 433 g/mol. The zero-order chi connectivity index (χ0) is 21.8. The van der Waals surface area contributed by atoms with E-state index in [0.717, 1.165) is 22.3 Å². The second kappa shape index (κ2) is 6.18. The molecular formula is C30H24O3. The Labute approximate surface area is 192 Å². The van der Waals surface area contributed by atoms with Crippen LogP contribution in [-0.4, -0.2) is 14.2 Å². The molecule has 4 bridgehead atoms. The first kappa shape index (κ1) is 18.2. The van der Waals surface area contributed by atoms with Crippen LogP contribution in [0.3, 0.4) is 0 Å². The van der Waals surface area contributed by atoms with Crippen LogP contribution in [0, 0.1) is 11.8 Å². The highest BCUT2D eigenvalue weighted by atomic mass is 16.5. The topological polar surface area (TPSA) is 27.7 Å². The lowest BCUT2D eigenvalue weighted by atomic mass is 9.50. The molecule has 33 heavy (non-hydrogen) atoms. The molecule has 0 radical (unpaired) electrons. The number of hydrogen-bond acceptors (Lipinski definition) is 3. The minimum absolute atomic E-state index is 0.0117. The van der Waals surface area contributed by atoms with E-state index in [2.05, 4.69) is 72.8 Å². The van der Waals surface area contributed by atoms with Gasteiger partial charge in [-0.1, -0.05) is 72.8 Å². The monoisotopic (exact) mass is 432 g/mol. The van der Waals surface area contributed by atoms with E-state index < -0.39 is 0 Å². The van der Waals surface area contributed by atoms with Crippen molar-refractivity contribution in [3.63, 3.8) is 0 Å². The third-order valence-electron chi connectivity index (χ3n) is 8.71. The second-order valence-electron chi connectivity index (χ2n) is 9.78. The predicted molar refractivity (Wildman–Crippen MR) is 127 cm³/mol. The van der Waals surface area contributed by atoms with Crippen molar-refractivity contribution in [1.29, 1.82) is 0 Å². The molecule has 4 atom stereocenters. The highest BCUT2D eigenvalue weighted by molar-refractivity contribution is 5.97. The Kier molecular flexibility index (Phi) is 3.40. The summed E-state index contributed by atoms with van der Waals surface area (Å²) in [5.41, 5.74) is 8.33. The van der Waals surface area contributed by atoms with E-state index in [4.69, 9.17) is 14.2 Å². The minimum atomic E-state index is 0.0117. The first-order valence-electron chi connectivity index (χ1n) is 11.8. The van der Waals surface area contributed by atoms with Gasteiger partial charge in [0.2, 0.25) is 0 Å². The number of fused-ring (bicyclic) bond motifs is 6. The Morgan fingerprint density at radius 1 is 0.545 bits per heavy atom. The number of methoxy groups -OCH3 is 2. The van der Waals surface area contributed by atoms with Gasteiger partial charge >= 0.3 is 0 Å². The zero-order valence-corrected chi connectivity index (χ0v) is 18.6. The smallest absolute Gasteiger partial charge is 0.133 e. The first-order valence-corrected chi connectivity index (χ1v) is 11.8. The molecule has 2 aliphatic heterocycles. The average Bonchev–Trinajstić information content (AvgIpc) is 3.45. The zero-order valence-electron chi connectivity index (χ0n) is 18.6. The Morgan fingerprint density at radius 3 is 1.27 bits per heavy atom. The summed E-state index contributed by atoms with van der Waals surface area (Å²) in [5, 5.41) is 2.20. The summed E-state index contributed by atoms with van der Waals surface area (Å²) in [5.74, 6) is 3.40. The van der Waals surface area contributed by atoms with Gasteiger partial charge in [-0.05, 0) is 22.3 Å². The summed E-state index contributed by atoms with van der Waals surface area (Å²) in [7, 11) is 3.57. The second-order valence-corrected chi connectivity index (χ2v) is 9.78. The van der Waals surface area contributed by atoms with Crippen LogP contribution in [0.25, 0.3) is 10.8 Å². The number of benzene rings is 4. The lowest BCUT2D eigenvalue weighted by molar-refractivity contribution is 0.0519. The van der Waals surface area contributed by atoms with Gasteiger partial charge in [0.25, 0.3) is 0 Å². The van der Waals surface area contributed by atoms with Crippen molar-refractivity contribution in [2.75, 3.05) is 14.2 Å². The van der Waals surface area contributed by atoms with Gasteiger partial charge in [-0.3, -0.25) is 0 Å².